The number of carbonyl (C=O) groups excluding carboxylic acids is 3. The summed E-state index contributed by atoms with van der Waals surface area (Å²) in [5.41, 5.74) is 6.95. The lowest BCUT2D eigenvalue weighted by molar-refractivity contribution is -0.145. The molecule has 2 fully saturated rings. The van der Waals surface area contributed by atoms with E-state index in [-0.39, 0.29) is 18.3 Å². The third-order valence-corrected chi connectivity index (χ3v) is 6.17. The lowest BCUT2D eigenvalue weighted by Crippen LogP contribution is -2.61. The van der Waals surface area contributed by atoms with Crippen LogP contribution in [0.15, 0.2) is 18.2 Å². The molecular formula is C20H24FN3O4. The van der Waals surface area contributed by atoms with E-state index in [1.54, 1.807) is 6.07 Å². The smallest absolute Gasteiger partial charge is 0.331 e. The lowest BCUT2D eigenvalue weighted by atomic mass is 9.83. The molecule has 0 aromatic heterocycles. The number of amides is 4. The maximum Gasteiger partial charge on any atom is 0.331 e. The van der Waals surface area contributed by atoms with Crippen LogP contribution in [0.5, 0.6) is 0 Å². The number of halogens is 1. The second-order valence-electron chi connectivity index (χ2n) is 7.87. The molecule has 2 atom stereocenters. The molecule has 2 heterocycles. The highest BCUT2D eigenvalue weighted by Crippen LogP contribution is 2.40. The predicted molar refractivity (Wildman–Crippen MR) is 97.5 cm³/mol. The average Bonchev–Trinajstić information content (AvgIpc) is 3.00. The Bertz CT molecular complexity index is 824. The second-order valence-corrected chi connectivity index (χ2v) is 7.87. The SMILES string of the molecule is N[C@]1(CCC2C(=O)NC(=O)N(C3CCOCC3)C2=O)CCc2cccc(F)c21. The van der Waals surface area contributed by atoms with E-state index in [0.717, 1.165) is 5.56 Å². The Hall–Kier alpha value is -2.32. The van der Waals surface area contributed by atoms with Crippen molar-refractivity contribution >= 4 is 17.8 Å². The van der Waals surface area contributed by atoms with E-state index in [1.165, 1.54) is 11.0 Å². The minimum absolute atomic E-state index is 0.169. The van der Waals surface area contributed by atoms with Gasteiger partial charge in [-0.3, -0.25) is 19.8 Å². The van der Waals surface area contributed by atoms with Gasteiger partial charge in [-0.2, -0.15) is 0 Å². The largest absolute Gasteiger partial charge is 0.381 e. The van der Waals surface area contributed by atoms with Crippen molar-refractivity contribution in [2.24, 2.45) is 11.7 Å². The summed E-state index contributed by atoms with van der Waals surface area (Å²) in [7, 11) is 0. The summed E-state index contributed by atoms with van der Waals surface area (Å²) in [6, 6.07) is 3.97. The molecule has 1 aromatic carbocycles. The zero-order valence-electron chi connectivity index (χ0n) is 15.6. The van der Waals surface area contributed by atoms with Gasteiger partial charge in [0, 0.05) is 30.4 Å². The van der Waals surface area contributed by atoms with Crippen LogP contribution < -0.4 is 11.1 Å². The number of rotatable bonds is 4. The van der Waals surface area contributed by atoms with Crippen molar-refractivity contribution in [1.82, 2.24) is 10.2 Å². The van der Waals surface area contributed by atoms with Gasteiger partial charge in [0.05, 0.1) is 0 Å². The Kier molecular flexibility index (Phi) is 4.93. The van der Waals surface area contributed by atoms with Crippen LogP contribution in [0.25, 0.3) is 0 Å². The van der Waals surface area contributed by atoms with Gasteiger partial charge in [-0.05, 0) is 50.2 Å². The Morgan fingerprint density at radius 2 is 2.00 bits per heavy atom. The highest BCUT2D eigenvalue weighted by molar-refractivity contribution is 6.16. The van der Waals surface area contributed by atoms with Gasteiger partial charge in [0.2, 0.25) is 11.8 Å². The van der Waals surface area contributed by atoms with Crippen LogP contribution in [0.4, 0.5) is 9.18 Å². The quantitative estimate of drug-likeness (QED) is 0.762. The Morgan fingerprint density at radius 3 is 2.75 bits per heavy atom. The minimum atomic E-state index is -0.989. The van der Waals surface area contributed by atoms with E-state index in [1.807, 2.05) is 6.07 Å². The van der Waals surface area contributed by atoms with E-state index in [0.29, 0.717) is 50.9 Å². The summed E-state index contributed by atoms with van der Waals surface area (Å²) in [6.07, 6.45) is 2.80. The van der Waals surface area contributed by atoms with Crippen LogP contribution in [0.1, 0.15) is 43.2 Å². The molecule has 2 saturated heterocycles. The summed E-state index contributed by atoms with van der Waals surface area (Å²) in [6.45, 7) is 0.949. The topological polar surface area (TPSA) is 102 Å². The van der Waals surface area contributed by atoms with Crippen molar-refractivity contribution in [3.8, 4) is 0 Å². The number of nitrogens with one attached hydrogen (secondary N) is 1. The first-order valence-electron chi connectivity index (χ1n) is 9.73. The first-order chi connectivity index (χ1) is 13.4. The number of hydrogen-bond donors (Lipinski definition) is 2. The van der Waals surface area contributed by atoms with Crippen LogP contribution >= 0.6 is 0 Å². The molecule has 150 valence electrons. The normalized spacial score (nSPS) is 28.4. The summed E-state index contributed by atoms with van der Waals surface area (Å²) in [5.74, 6) is -2.43. The number of urea groups is 1. The molecule has 4 rings (SSSR count). The van der Waals surface area contributed by atoms with Crippen molar-refractivity contribution in [3.63, 3.8) is 0 Å². The third kappa shape index (κ3) is 3.20. The zero-order chi connectivity index (χ0) is 19.9. The third-order valence-electron chi connectivity index (χ3n) is 6.17. The fraction of sp³-hybridized carbons (Fsp3) is 0.550. The van der Waals surface area contributed by atoms with Crippen molar-refractivity contribution in [1.29, 1.82) is 0 Å². The molecule has 2 aliphatic heterocycles. The van der Waals surface area contributed by atoms with Gasteiger partial charge in [0.1, 0.15) is 11.7 Å². The molecule has 1 unspecified atom stereocenters. The molecule has 0 radical (unpaired) electrons. The highest BCUT2D eigenvalue weighted by Gasteiger charge is 2.45. The number of imide groups is 2. The molecule has 0 saturated carbocycles. The fourth-order valence-corrected chi connectivity index (χ4v) is 4.65. The standard InChI is InChI=1S/C20H24FN3O4/c21-15-3-1-2-12-4-8-20(22,16(12)15)9-5-14-17(25)23-19(27)24(18(14)26)13-6-10-28-11-7-13/h1-3,13-14H,4-11,22H2,(H,23,25,27)/t14?,20-/m0/s1. The van der Waals surface area contributed by atoms with Gasteiger partial charge in [-0.1, -0.05) is 12.1 Å². The number of carbonyl (C=O) groups is 3. The number of aryl methyl sites for hydroxylation is 1. The fourth-order valence-electron chi connectivity index (χ4n) is 4.65. The number of benzene rings is 1. The predicted octanol–water partition coefficient (Wildman–Crippen LogP) is 1.58. The Morgan fingerprint density at radius 1 is 1.25 bits per heavy atom. The van der Waals surface area contributed by atoms with Crippen LogP contribution in [0.2, 0.25) is 0 Å². The molecule has 3 aliphatic rings. The van der Waals surface area contributed by atoms with Gasteiger partial charge in [0.25, 0.3) is 0 Å². The molecule has 1 aromatic rings. The monoisotopic (exact) mass is 389 g/mol. The molecule has 3 N–H and O–H groups in total. The van der Waals surface area contributed by atoms with Crippen molar-refractivity contribution in [3.05, 3.63) is 35.1 Å². The van der Waals surface area contributed by atoms with E-state index in [2.05, 4.69) is 5.32 Å². The van der Waals surface area contributed by atoms with Gasteiger partial charge in [-0.25, -0.2) is 9.18 Å². The Labute approximate surface area is 162 Å². The first-order valence-corrected chi connectivity index (χ1v) is 9.73. The number of nitrogens with zero attached hydrogens (tertiary/aromatic N) is 1. The number of ether oxygens (including phenoxy) is 1. The molecule has 0 bridgehead atoms. The highest BCUT2D eigenvalue weighted by atomic mass is 19.1. The molecule has 1 aliphatic carbocycles. The van der Waals surface area contributed by atoms with Crippen molar-refractivity contribution in [2.75, 3.05) is 13.2 Å². The van der Waals surface area contributed by atoms with Crippen LogP contribution in [-0.4, -0.2) is 42.0 Å². The second kappa shape index (κ2) is 7.25. The average molecular weight is 389 g/mol. The number of fused-ring (bicyclic) bond motifs is 1. The summed E-state index contributed by atoms with van der Waals surface area (Å²) in [4.78, 5) is 38.7. The molecular weight excluding hydrogens is 365 g/mol. The molecule has 7 nitrogen and oxygen atoms in total. The summed E-state index contributed by atoms with van der Waals surface area (Å²) >= 11 is 0. The first kappa shape index (κ1) is 19.0. The number of nitrogens with two attached hydrogens (primary N) is 1. The summed E-state index contributed by atoms with van der Waals surface area (Å²) in [5, 5.41) is 2.30. The van der Waals surface area contributed by atoms with Gasteiger partial charge in [-0.15, -0.1) is 0 Å². The van der Waals surface area contributed by atoms with Crippen LogP contribution in [-0.2, 0) is 26.3 Å². The molecule has 0 spiro atoms. The van der Waals surface area contributed by atoms with Crippen LogP contribution in [0, 0.1) is 11.7 Å². The van der Waals surface area contributed by atoms with Gasteiger partial charge < -0.3 is 10.5 Å². The summed E-state index contributed by atoms with van der Waals surface area (Å²) < 4.78 is 19.7. The minimum Gasteiger partial charge on any atom is -0.381 e. The lowest BCUT2D eigenvalue weighted by Gasteiger charge is -2.38. The van der Waals surface area contributed by atoms with Gasteiger partial charge in [0.15, 0.2) is 0 Å². The maximum absolute atomic E-state index is 14.4. The van der Waals surface area contributed by atoms with E-state index < -0.39 is 29.3 Å². The van der Waals surface area contributed by atoms with E-state index >= 15 is 0 Å². The number of barbiturate groups is 1. The van der Waals surface area contributed by atoms with Gasteiger partial charge >= 0.3 is 6.03 Å². The molecule has 8 heteroatoms. The molecule has 28 heavy (non-hydrogen) atoms. The maximum atomic E-state index is 14.4. The molecule has 4 amide bonds. The van der Waals surface area contributed by atoms with E-state index in [9.17, 15) is 18.8 Å². The zero-order valence-corrected chi connectivity index (χ0v) is 15.6. The van der Waals surface area contributed by atoms with Crippen molar-refractivity contribution in [2.45, 2.75) is 50.1 Å². The van der Waals surface area contributed by atoms with Crippen LogP contribution in [0.3, 0.4) is 0 Å². The Balaban J connectivity index is 1.51. The number of hydrogen-bond acceptors (Lipinski definition) is 5. The van der Waals surface area contributed by atoms with E-state index in [4.69, 9.17) is 10.5 Å². The van der Waals surface area contributed by atoms with Crippen molar-refractivity contribution < 1.29 is 23.5 Å².